The zero-order valence-corrected chi connectivity index (χ0v) is 7.20. The van der Waals surface area contributed by atoms with Crippen LogP contribution < -0.4 is 5.73 Å². The summed E-state index contributed by atoms with van der Waals surface area (Å²) in [5.41, 5.74) is 5.76. The first-order valence-corrected chi connectivity index (χ1v) is 4.17. The summed E-state index contributed by atoms with van der Waals surface area (Å²) in [4.78, 5) is 0. The van der Waals surface area contributed by atoms with Crippen molar-refractivity contribution < 1.29 is 0 Å². The van der Waals surface area contributed by atoms with E-state index < -0.39 is 0 Å². The standard InChI is InChI=1S/C7H17NS/c1-3-5-6(8)7(9)4-2/h6-7,9H,3-5,8H2,1-2H3. The predicted octanol–water partition coefficient (Wildman–Crippen LogP) is 1.82. The molecule has 0 saturated carbocycles. The summed E-state index contributed by atoms with van der Waals surface area (Å²) in [5.74, 6) is 0. The maximum absolute atomic E-state index is 5.76. The van der Waals surface area contributed by atoms with E-state index in [0.29, 0.717) is 11.3 Å². The van der Waals surface area contributed by atoms with Gasteiger partial charge in [-0.05, 0) is 12.8 Å². The van der Waals surface area contributed by atoms with Crippen molar-refractivity contribution in [3.8, 4) is 0 Å². The van der Waals surface area contributed by atoms with Crippen molar-refractivity contribution in [2.45, 2.75) is 44.4 Å². The third-order valence-electron chi connectivity index (χ3n) is 1.53. The molecule has 0 fully saturated rings. The van der Waals surface area contributed by atoms with Crippen LogP contribution in [0.4, 0.5) is 0 Å². The molecule has 0 aliphatic heterocycles. The highest BCUT2D eigenvalue weighted by Crippen LogP contribution is 2.08. The zero-order valence-electron chi connectivity index (χ0n) is 6.30. The SMILES string of the molecule is CCCC(N)C(S)CC. The van der Waals surface area contributed by atoms with E-state index in [2.05, 4.69) is 26.5 Å². The molecule has 0 bridgehead atoms. The van der Waals surface area contributed by atoms with Gasteiger partial charge in [0.25, 0.3) is 0 Å². The average Bonchev–Trinajstić information content (AvgIpc) is 1.87. The van der Waals surface area contributed by atoms with Crippen LogP contribution in [0.3, 0.4) is 0 Å². The lowest BCUT2D eigenvalue weighted by Crippen LogP contribution is -2.29. The maximum Gasteiger partial charge on any atom is 0.0166 e. The molecule has 0 amide bonds. The number of hydrogen-bond donors (Lipinski definition) is 2. The van der Waals surface area contributed by atoms with E-state index in [0.717, 1.165) is 19.3 Å². The Morgan fingerprint density at radius 3 is 2.33 bits per heavy atom. The summed E-state index contributed by atoms with van der Waals surface area (Å²) in [6, 6.07) is 0.295. The van der Waals surface area contributed by atoms with E-state index >= 15 is 0 Å². The summed E-state index contributed by atoms with van der Waals surface area (Å²) < 4.78 is 0. The Labute approximate surface area is 63.4 Å². The van der Waals surface area contributed by atoms with Crippen molar-refractivity contribution in [3.63, 3.8) is 0 Å². The van der Waals surface area contributed by atoms with Gasteiger partial charge in [-0.15, -0.1) is 0 Å². The van der Waals surface area contributed by atoms with Crippen LogP contribution in [0, 0.1) is 0 Å². The maximum atomic E-state index is 5.76. The monoisotopic (exact) mass is 147 g/mol. The van der Waals surface area contributed by atoms with E-state index in [-0.39, 0.29) is 0 Å². The fraction of sp³-hybridized carbons (Fsp3) is 1.00. The van der Waals surface area contributed by atoms with E-state index in [9.17, 15) is 0 Å². The molecule has 0 heterocycles. The lowest BCUT2D eigenvalue weighted by Gasteiger charge is -2.15. The van der Waals surface area contributed by atoms with E-state index in [4.69, 9.17) is 5.73 Å². The van der Waals surface area contributed by atoms with Gasteiger partial charge >= 0.3 is 0 Å². The molecule has 2 N–H and O–H groups in total. The van der Waals surface area contributed by atoms with Crippen molar-refractivity contribution in [2.24, 2.45) is 5.73 Å². The van der Waals surface area contributed by atoms with Crippen LogP contribution in [0.5, 0.6) is 0 Å². The average molecular weight is 147 g/mol. The van der Waals surface area contributed by atoms with Crippen LogP contribution in [0.2, 0.25) is 0 Å². The molecule has 0 spiro atoms. The molecule has 0 aromatic carbocycles. The first kappa shape index (κ1) is 9.31. The predicted molar refractivity (Wildman–Crippen MR) is 45.9 cm³/mol. The molecular formula is C7H17NS. The van der Waals surface area contributed by atoms with Gasteiger partial charge < -0.3 is 5.73 Å². The van der Waals surface area contributed by atoms with Crippen LogP contribution in [0.25, 0.3) is 0 Å². The summed E-state index contributed by atoms with van der Waals surface area (Å²) in [7, 11) is 0. The minimum absolute atomic E-state index is 0.295. The van der Waals surface area contributed by atoms with Crippen LogP contribution in [0.15, 0.2) is 0 Å². The van der Waals surface area contributed by atoms with Gasteiger partial charge in [0, 0.05) is 11.3 Å². The summed E-state index contributed by atoms with van der Waals surface area (Å²) in [6.07, 6.45) is 3.34. The molecule has 1 nitrogen and oxygen atoms in total. The topological polar surface area (TPSA) is 26.0 Å². The molecule has 9 heavy (non-hydrogen) atoms. The van der Waals surface area contributed by atoms with Crippen molar-refractivity contribution >= 4 is 12.6 Å². The highest BCUT2D eigenvalue weighted by molar-refractivity contribution is 7.81. The Morgan fingerprint density at radius 1 is 1.44 bits per heavy atom. The van der Waals surface area contributed by atoms with Gasteiger partial charge in [-0.1, -0.05) is 20.3 Å². The van der Waals surface area contributed by atoms with Crippen molar-refractivity contribution in [1.29, 1.82) is 0 Å². The largest absolute Gasteiger partial charge is 0.327 e. The lowest BCUT2D eigenvalue weighted by molar-refractivity contribution is 0.569. The molecule has 0 saturated heterocycles. The van der Waals surface area contributed by atoms with Crippen LogP contribution in [0.1, 0.15) is 33.1 Å². The minimum atomic E-state index is 0.295. The number of thiol groups is 1. The smallest absolute Gasteiger partial charge is 0.0166 e. The molecule has 2 heteroatoms. The van der Waals surface area contributed by atoms with Gasteiger partial charge in [0.15, 0.2) is 0 Å². The molecule has 0 aromatic rings. The van der Waals surface area contributed by atoms with Crippen LogP contribution >= 0.6 is 12.6 Å². The molecule has 56 valence electrons. The normalized spacial score (nSPS) is 17.3. The highest BCUT2D eigenvalue weighted by atomic mass is 32.1. The number of hydrogen-bond acceptors (Lipinski definition) is 2. The molecule has 0 radical (unpaired) electrons. The summed E-state index contributed by atoms with van der Waals surface area (Å²) in [5, 5.41) is 0.393. The van der Waals surface area contributed by atoms with Crippen molar-refractivity contribution in [1.82, 2.24) is 0 Å². The fourth-order valence-corrected chi connectivity index (χ4v) is 0.978. The van der Waals surface area contributed by atoms with Crippen molar-refractivity contribution in [3.05, 3.63) is 0 Å². The van der Waals surface area contributed by atoms with Crippen LogP contribution in [-0.4, -0.2) is 11.3 Å². The van der Waals surface area contributed by atoms with Gasteiger partial charge in [-0.2, -0.15) is 12.6 Å². The number of rotatable bonds is 4. The first-order chi connectivity index (χ1) is 4.22. The second-order valence-electron chi connectivity index (χ2n) is 2.43. The fourth-order valence-electron chi connectivity index (χ4n) is 0.828. The summed E-state index contributed by atoms with van der Waals surface area (Å²) in [6.45, 7) is 4.27. The Balaban J connectivity index is 3.32. The molecule has 0 aliphatic rings. The Hall–Kier alpha value is 0.310. The third kappa shape index (κ3) is 3.82. The molecule has 0 aliphatic carbocycles. The zero-order chi connectivity index (χ0) is 7.28. The second kappa shape index (κ2) is 5.12. The Bertz CT molecular complexity index is 65.9. The van der Waals surface area contributed by atoms with E-state index in [1.165, 1.54) is 0 Å². The Kier molecular flexibility index (Phi) is 5.30. The van der Waals surface area contributed by atoms with E-state index in [1.54, 1.807) is 0 Å². The minimum Gasteiger partial charge on any atom is -0.327 e. The van der Waals surface area contributed by atoms with Gasteiger partial charge in [0.2, 0.25) is 0 Å². The van der Waals surface area contributed by atoms with Crippen LogP contribution in [-0.2, 0) is 0 Å². The summed E-state index contributed by atoms with van der Waals surface area (Å²) >= 11 is 4.33. The molecule has 0 aromatic heterocycles. The quantitative estimate of drug-likeness (QED) is 0.583. The number of nitrogens with two attached hydrogens (primary N) is 1. The molecule has 2 unspecified atom stereocenters. The van der Waals surface area contributed by atoms with Gasteiger partial charge in [-0.25, -0.2) is 0 Å². The lowest BCUT2D eigenvalue weighted by atomic mass is 10.1. The van der Waals surface area contributed by atoms with Gasteiger partial charge in [0.05, 0.1) is 0 Å². The van der Waals surface area contributed by atoms with Gasteiger partial charge in [0.1, 0.15) is 0 Å². The third-order valence-corrected chi connectivity index (χ3v) is 2.28. The Morgan fingerprint density at radius 2 is 2.00 bits per heavy atom. The van der Waals surface area contributed by atoms with Crippen molar-refractivity contribution in [2.75, 3.05) is 0 Å². The molecule has 2 atom stereocenters. The molecular weight excluding hydrogens is 130 g/mol. The van der Waals surface area contributed by atoms with Gasteiger partial charge in [-0.3, -0.25) is 0 Å². The molecule has 0 rings (SSSR count). The van der Waals surface area contributed by atoms with E-state index in [1.807, 2.05) is 0 Å². The second-order valence-corrected chi connectivity index (χ2v) is 3.09. The highest BCUT2D eigenvalue weighted by Gasteiger charge is 2.08. The first-order valence-electron chi connectivity index (χ1n) is 3.66.